The van der Waals surface area contributed by atoms with Crippen molar-refractivity contribution in [2.45, 2.75) is 199 Å². The minimum absolute atomic E-state index is 0.0710. The molecule has 3 rings (SSSR count). The van der Waals surface area contributed by atoms with Gasteiger partial charge in [-0.1, -0.05) is 142 Å². The Morgan fingerprint density at radius 2 is 1.28 bits per heavy atom. The van der Waals surface area contributed by atoms with Crippen molar-refractivity contribution in [3.8, 4) is 0 Å². The monoisotopic (exact) mass is 704 g/mol. The number of carbonyl (C=O) groups is 2. The summed E-state index contributed by atoms with van der Waals surface area (Å²) in [5.41, 5.74) is 5.20. The van der Waals surface area contributed by atoms with E-state index in [0.29, 0.717) is 12.8 Å². The summed E-state index contributed by atoms with van der Waals surface area (Å²) in [5, 5.41) is 0. The number of aromatic nitrogens is 4. The van der Waals surface area contributed by atoms with E-state index in [0.717, 1.165) is 38.5 Å². The van der Waals surface area contributed by atoms with Gasteiger partial charge in [-0.15, -0.1) is 0 Å². The summed E-state index contributed by atoms with van der Waals surface area (Å²) >= 11 is 0. The first-order valence-corrected chi connectivity index (χ1v) is 20.0. The summed E-state index contributed by atoms with van der Waals surface area (Å²) in [6, 6.07) is 0. The van der Waals surface area contributed by atoms with E-state index >= 15 is 0 Å². The first kappa shape index (κ1) is 41.6. The molecule has 50 heavy (non-hydrogen) atoms. The molecular formula is C39H66FN5O5. The molecule has 2 N–H and O–H groups in total. The lowest BCUT2D eigenvalue weighted by Gasteiger charge is -2.29. The highest BCUT2D eigenvalue weighted by Crippen LogP contribution is 2.40. The molecule has 2 aromatic rings. The summed E-state index contributed by atoms with van der Waals surface area (Å²) in [7, 11) is 0. The maximum Gasteiger partial charge on any atom is 0.312 e. The number of nitrogens with zero attached hydrogens (tertiary/aromatic N) is 4. The molecule has 1 aliphatic heterocycles. The second-order valence-electron chi connectivity index (χ2n) is 14.5. The Bertz CT molecular complexity index is 1260. The number of nitrogens with two attached hydrogens (primary N) is 1. The van der Waals surface area contributed by atoms with Gasteiger partial charge in [-0.2, -0.15) is 14.4 Å². The largest absolute Gasteiger partial charge is 0.462 e. The number of imidazole rings is 1. The quantitative estimate of drug-likeness (QED) is 0.0522. The third-order valence-electron chi connectivity index (χ3n) is 10.00. The number of fused-ring (bicyclic) bond motifs is 1. The van der Waals surface area contributed by atoms with Crippen LogP contribution >= 0.6 is 0 Å². The number of hydrogen-bond donors (Lipinski definition) is 1. The molecule has 0 saturated carbocycles. The molecule has 11 heteroatoms. The van der Waals surface area contributed by atoms with Crippen molar-refractivity contribution < 1.29 is 28.2 Å². The Labute approximate surface area is 300 Å². The SMILES string of the molecule is CCCCCCCCCCCCCC(=O)OC[C@@]1(C)O[C@@H](n2cnc3c(N)nc(F)nc32)C[C@@H]1OC(=O)CCCCCCCCCCCCC. The zero-order valence-corrected chi connectivity index (χ0v) is 31.4. The zero-order chi connectivity index (χ0) is 36.0. The Hall–Kier alpha value is -2.82. The van der Waals surface area contributed by atoms with Gasteiger partial charge >= 0.3 is 18.0 Å². The van der Waals surface area contributed by atoms with E-state index in [1.54, 1.807) is 11.5 Å². The summed E-state index contributed by atoms with van der Waals surface area (Å²) in [5.74, 6) is -0.670. The van der Waals surface area contributed by atoms with Gasteiger partial charge in [0.15, 0.2) is 17.0 Å². The summed E-state index contributed by atoms with van der Waals surface area (Å²) in [4.78, 5) is 37.5. The first-order valence-electron chi connectivity index (χ1n) is 20.0. The Balaban J connectivity index is 1.46. The van der Waals surface area contributed by atoms with Crippen LogP contribution in [0.5, 0.6) is 0 Å². The summed E-state index contributed by atoms with van der Waals surface area (Å²) in [6.45, 7) is 6.19. The molecule has 3 atom stereocenters. The van der Waals surface area contributed by atoms with Gasteiger partial charge in [0.2, 0.25) is 0 Å². The van der Waals surface area contributed by atoms with Gasteiger partial charge in [-0.25, -0.2) is 4.98 Å². The van der Waals surface area contributed by atoms with E-state index in [9.17, 15) is 14.0 Å². The molecular weight excluding hydrogens is 637 g/mol. The normalized spacial score (nSPS) is 19.0. The molecule has 284 valence electrons. The molecule has 1 saturated heterocycles. The molecule has 2 aromatic heterocycles. The molecule has 0 aliphatic carbocycles. The van der Waals surface area contributed by atoms with Gasteiger partial charge in [-0.05, 0) is 19.8 Å². The molecule has 0 bridgehead atoms. The maximum atomic E-state index is 14.1. The van der Waals surface area contributed by atoms with Crippen molar-refractivity contribution in [3.05, 3.63) is 12.4 Å². The van der Waals surface area contributed by atoms with E-state index in [4.69, 9.17) is 19.9 Å². The molecule has 0 radical (unpaired) electrons. The van der Waals surface area contributed by atoms with Crippen molar-refractivity contribution >= 4 is 28.9 Å². The van der Waals surface area contributed by atoms with E-state index < -0.39 is 24.0 Å². The number of hydrogen-bond acceptors (Lipinski definition) is 9. The number of carbonyl (C=O) groups excluding carboxylic acids is 2. The highest BCUT2D eigenvalue weighted by molar-refractivity contribution is 5.81. The van der Waals surface area contributed by atoms with Crippen LogP contribution < -0.4 is 5.73 Å². The van der Waals surface area contributed by atoms with Gasteiger partial charge in [0.25, 0.3) is 0 Å². The van der Waals surface area contributed by atoms with Crippen molar-refractivity contribution in [1.82, 2.24) is 19.5 Å². The van der Waals surface area contributed by atoms with Gasteiger partial charge in [0, 0.05) is 19.3 Å². The minimum atomic E-state index is -1.11. The standard InChI is InChI=1S/C39H66FN5O5/c1-4-6-8-10-12-14-16-18-20-22-24-26-33(46)48-29-39(3)31(49-34(47)27-25-23-21-19-17-15-13-11-9-7-5-2)28-32(50-39)45-30-42-35-36(41)43-38(40)44-37(35)45/h30-32H,4-29H2,1-3H3,(H2,41,43,44)/t31-,32+,39+/m0/s1. The van der Waals surface area contributed by atoms with E-state index in [1.165, 1.54) is 109 Å². The van der Waals surface area contributed by atoms with Crippen LogP contribution in [0.15, 0.2) is 6.33 Å². The predicted octanol–water partition coefficient (Wildman–Crippen LogP) is 10.1. The third-order valence-corrected chi connectivity index (χ3v) is 10.00. The highest BCUT2D eigenvalue weighted by Gasteiger charge is 2.50. The number of esters is 2. The van der Waals surface area contributed by atoms with Crippen molar-refractivity contribution in [3.63, 3.8) is 0 Å². The number of anilines is 1. The second kappa shape index (κ2) is 23.6. The predicted molar refractivity (Wildman–Crippen MR) is 196 cm³/mol. The van der Waals surface area contributed by atoms with Crippen LogP contribution in [0.25, 0.3) is 11.2 Å². The fourth-order valence-electron chi connectivity index (χ4n) is 6.84. The number of halogens is 1. The number of ether oxygens (including phenoxy) is 3. The Morgan fingerprint density at radius 1 is 0.800 bits per heavy atom. The molecule has 1 aliphatic rings. The molecule has 1 fully saturated rings. The van der Waals surface area contributed by atoms with Crippen LogP contribution in [0.2, 0.25) is 0 Å². The fraction of sp³-hybridized carbons (Fsp3) is 0.821. The van der Waals surface area contributed by atoms with E-state index in [-0.39, 0.29) is 41.9 Å². The lowest BCUT2D eigenvalue weighted by atomic mass is 9.99. The van der Waals surface area contributed by atoms with Crippen molar-refractivity contribution in [2.24, 2.45) is 0 Å². The summed E-state index contributed by atoms with van der Waals surface area (Å²) in [6.07, 6.45) is 26.4. The molecule has 3 heterocycles. The lowest BCUT2D eigenvalue weighted by molar-refractivity contribution is -0.174. The van der Waals surface area contributed by atoms with Crippen LogP contribution in [-0.2, 0) is 23.8 Å². The van der Waals surface area contributed by atoms with Crippen LogP contribution in [0.3, 0.4) is 0 Å². The van der Waals surface area contributed by atoms with Gasteiger partial charge in [0.1, 0.15) is 24.5 Å². The average molecular weight is 704 g/mol. The Morgan fingerprint density at radius 3 is 1.80 bits per heavy atom. The topological polar surface area (TPSA) is 131 Å². The maximum absolute atomic E-state index is 14.1. The van der Waals surface area contributed by atoms with E-state index in [2.05, 4.69) is 28.8 Å². The van der Waals surface area contributed by atoms with Gasteiger partial charge in [0.05, 0.1) is 6.33 Å². The minimum Gasteiger partial charge on any atom is -0.462 e. The number of nitrogen functional groups attached to an aromatic ring is 1. The fourth-order valence-corrected chi connectivity index (χ4v) is 6.84. The average Bonchev–Trinajstić information content (AvgIpc) is 3.66. The third kappa shape index (κ3) is 14.8. The van der Waals surface area contributed by atoms with Gasteiger partial charge in [-0.3, -0.25) is 14.2 Å². The lowest BCUT2D eigenvalue weighted by Crippen LogP contribution is -2.44. The first-order chi connectivity index (χ1) is 24.3. The highest BCUT2D eigenvalue weighted by atomic mass is 19.1. The van der Waals surface area contributed by atoms with Crippen LogP contribution in [0.4, 0.5) is 10.2 Å². The molecule has 0 spiro atoms. The second-order valence-corrected chi connectivity index (χ2v) is 14.5. The molecule has 0 amide bonds. The van der Waals surface area contributed by atoms with Crippen LogP contribution in [0.1, 0.15) is 188 Å². The molecule has 0 unspecified atom stereocenters. The van der Waals surface area contributed by atoms with E-state index in [1.807, 2.05) is 0 Å². The van der Waals surface area contributed by atoms with Crippen LogP contribution in [0, 0.1) is 6.08 Å². The van der Waals surface area contributed by atoms with Crippen molar-refractivity contribution in [1.29, 1.82) is 0 Å². The number of rotatable bonds is 28. The number of unbranched alkanes of at least 4 members (excludes halogenated alkanes) is 20. The zero-order valence-electron chi connectivity index (χ0n) is 31.4. The van der Waals surface area contributed by atoms with Gasteiger partial charge < -0.3 is 19.9 Å². The summed E-state index contributed by atoms with van der Waals surface area (Å²) < 4.78 is 33.8. The van der Waals surface area contributed by atoms with Crippen molar-refractivity contribution in [2.75, 3.05) is 12.3 Å². The Kier molecular flexibility index (Phi) is 19.6. The molecule has 0 aromatic carbocycles. The molecule has 10 nitrogen and oxygen atoms in total. The smallest absolute Gasteiger partial charge is 0.312 e. The van der Waals surface area contributed by atoms with Crippen LogP contribution in [-0.4, -0.2) is 49.8 Å².